The second-order valence-corrected chi connectivity index (χ2v) is 10.4. The average molecular weight is 367 g/mol. The number of aryl methyl sites for hydroxylation is 1. The highest BCUT2D eigenvalue weighted by molar-refractivity contribution is 7.91. The Morgan fingerprint density at radius 3 is 2.48 bits per heavy atom. The SMILES string of the molecule is Cc1cccc(N2CCC(O)(CN(C)[C@]3(C)CCS(=O)(=O)C3)CC2)c1. The summed E-state index contributed by atoms with van der Waals surface area (Å²) in [5.41, 5.74) is 1.35. The summed E-state index contributed by atoms with van der Waals surface area (Å²) in [6.45, 7) is 6.27. The van der Waals surface area contributed by atoms with Gasteiger partial charge in [-0.25, -0.2) is 8.42 Å². The van der Waals surface area contributed by atoms with Crippen molar-refractivity contribution >= 4 is 15.5 Å². The lowest BCUT2D eigenvalue weighted by atomic mass is 9.88. The third kappa shape index (κ3) is 4.18. The van der Waals surface area contributed by atoms with Crippen molar-refractivity contribution < 1.29 is 13.5 Å². The summed E-state index contributed by atoms with van der Waals surface area (Å²) in [5.74, 6) is 0.454. The topological polar surface area (TPSA) is 60.9 Å². The highest BCUT2D eigenvalue weighted by atomic mass is 32.2. The summed E-state index contributed by atoms with van der Waals surface area (Å²) in [5, 5.41) is 11.0. The van der Waals surface area contributed by atoms with Crippen LogP contribution in [0.2, 0.25) is 0 Å². The van der Waals surface area contributed by atoms with Crippen molar-refractivity contribution in [3.63, 3.8) is 0 Å². The smallest absolute Gasteiger partial charge is 0.152 e. The molecule has 0 aliphatic carbocycles. The third-order valence-electron chi connectivity index (χ3n) is 6.00. The summed E-state index contributed by atoms with van der Waals surface area (Å²) in [6, 6.07) is 8.46. The third-order valence-corrected chi connectivity index (χ3v) is 7.88. The minimum absolute atomic E-state index is 0.196. The molecule has 2 fully saturated rings. The van der Waals surface area contributed by atoms with E-state index in [9.17, 15) is 13.5 Å². The van der Waals surface area contributed by atoms with Gasteiger partial charge >= 0.3 is 0 Å². The summed E-state index contributed by atoms with van der Waals surface area (Å²) in [6.07, 6.45) is 2.06. The van der Waals surface area contributed by atoms with Gasteiger partial charge in [0, 0.05) is 30.9 Å². The number of sulfone groups is 1. The van der Waals surface area contributed by atoms with E-state index in [1.54, 1.807) is 0 Å². The number of piperidine rings is 1. The maximum Gasteiger partial charge on any atom is 0.152 e. The van der Waals surface area contributed by atoms with Crippen molar-refractivity contribution in [1.29, 1.82) is 0 Å². The molecule has 1 aromatic rings. The molecule has 0 radical (unpaired) electrons. The lowest BCUT2D eigenvalue weighted by Crippen LogP contribution is -2.55. The maximum atomic E-state index is 11.9. The number of rotatable bonds is 4. The van der Waals surface area contributed by atoms with Gasteiger partial charge in [-0.3, -0.25) is 4.90 Å². The van der Waals surface area contributed by atoms with E-state index >= 15 is 0 Å². The number of anilines is 1. The van der Waals surface area contributed by atoms with E-state index in [2.05, 4.69) is 41.0 Å². The number of benzene rings is 1. The van der Waals surface area contributed by atoms with Gasteiger partial charge in [0.15, 0.2) is 9.84 Å². The van der Waals surface area contributed by atoms with Gasteiger partial charge in [-0.15, -0.1) is 0 Å². The fourth-order valence-electron chi connectivity index (χ4n) is 4.09. The van der Waals surface area contributed by atoms with E-state index in [1.807, 2.05) is 14.0 Å². The highest BCUT2D eigenvalue weighted by Crippen LogP contribution is 2.33. The first-order valence-electron chi connectivity index (χ1n) is 9.07. The van der Waals surface area contributed by atoms with Crippen LogP contribution >= 0.6 is 0 Å². The number of β-amino-alcohol motifs (C(OH)–C–C–N with tert-alkyl or cyclic N) is 1. The molecule has 2 aliphatic rings. The molecule has 1 N–H and O–H groups in total. The highest BCUT2D eigenvalue weighted by Gasteiger charge is 2.44. The molecule has 2 heterocycles. The van der Waals surface area contributed by atoms with Crippen molar-refractivity contribution in [3.8, 4) is 0 Å². The largest absolute Gasteiger partial charge is 0.388 e. The van der Waals surface area contributed by atoms with Crippen molar-refractivity contribution in [3.05, 3.63) is 29.8 Å². The quantitative estimate of drug-likeness (QED) is 0.881. The van der Waals surface area contributed by atoms with E-state index < -0.39 is 15.4 Å². The van der Waals surface area contributed by atoms with E-state index in [0.29, 0.717) is 25.8 Å². The number of aliphatic hydroxyl groups is 1. The standard InChI is InChI=1S/C19H30N2O3S/c1-16-5-4-6-17(13-16)21-10-7-19(22,8-11-21)14-20(3)18(2)9-12-25(23,24)15-18/h4-6,13,22H,7-12,14-15H2,1-3H3/t18-/m1/s1. The van der Waals surface area contributed by atoms with E-state index in [4.69, 9.17) is 0 Å². The van der Waals surface area contributed by atoms with Crippen molar-refractivity contribution in [1.82, 2.24) is 4.90 Å². The first kappa shape index (κ1) is 18.7. The molecule has 2 saturated heterocycles. The lowest BCUT2D eigenvalue weighted by Gasteiger charge is -2.44. The summed E-state index contributed by atoms with van der Waals surface area (Å²) >= 11 is 0. The average Bonchev–Trinajstić information content (AvgIpc) is 2.82. The number of hydrogen-bond donors (Lipinski definition) is 1. The Bertz CT molecular complexity index is 726. The summed E-state index contributed by atoms with van der Waals surface area (Å²) in [7, 11) is -0.990. The predicted octanol–water partition coefficient (Wildman–Crippen LogP) is 1.84. The fourth-order valence-corrected chi connectivity index (χ4v) is 6.30. The molecular formula is C19H30N2O3S. The van der Waals surface area contributed by atoms with Gasteiger partial charge in [0.25, 0.3) is 0 Å². The van der Waals surface area contributed by atoms with Gasteiger partial charge in [-0.2, -0.15) is 0 Å². The van der Waals surface area contributed by atoms with Gasteiger partial charge in [0.2, 0.25) is 0 Å². The summed E-state index contributed by atoms with van der Waals surface area (Å²) in [4.78, 5) is 4.39. The van der Waals surface area contributed by atoms with Crippen LogP contribution in [0.1, 0.15) is 31.7 Å². The fraction of sp³-hybridized carbons (Fsp3) is 0.684. The summed E-state index contributed by atoms with van der Waals surface area (Å²) < 4.78 is 23.7. The van der Waals surface area contributed by atoms with Gasteiger partial charge in [-0.05, 0) is 57.9 Å². The van der Waals surface area contributed by atoms with Crippen molar-refractivity contribution in [2.45, 2.75) is 44.2 Å². The molecule has 140 valence electrons. The first-order valence-corrected chi connectivity index (χ1v) is 10.9. The van der Waals surface area contributed by atoms with Crippen LogP contribution in [0, 0.1) is 6.92 Å². The van der Waals surface area contributed by atoms with Gasteiger partial charge in [0.05, 0.1) is 17.1 Å². The molecule has 0 unspecified atom stereocenters. The van der Waals surface area contributed by atoms with Crippen LogP contribution < -0.4 is 4.90 Å². The van der Waals surface area contributed by atoms with Crippen molar-refractivity contribution in [2.75, 3.05) is 43.1 Å². The number of hydrogen-bond acceptors (Lipinski definition) is 5. The number of nitrogens with zero attached hydrogens (tertiary/aromatic N) is 2. The Morgan fingerprint density at radius 1 is 1.24 bits per heavy atom. The van der Waals surface area contributed by atoms with Crippen LogP contribution in [0.4, 0.5) is 5.69 Å². The molecule has 0 spiro atoms. The molecule has 1 aromatic carbocycles. The molecule has 0 saturated carbocycles. The van der Waals surface area contributed by atoms with Gasteiger partial charge in [0.1, 0.15) is 0 Å². The molecule has 1 atom stereocenters. The normalized spacial score (nSPS) is 28.4. The molecule has 3 rings (SSSR count). The predicted molar refractivity (Wildman–Crippen MR) is 102 cm³/mol. The van der Waals surface area contributed by atoms with Crippen LogP contribution in [-0.4, -0.2) is 67.8 Å². The van der Waals surface area contributed by atoms with Gasteiger partial charge < -0.3 is 10.0 Å². The molecule has 2 aliphatic heterocycles. The van der Waals surface area contributed by atoms with Gasteiger partial charge in [-0.1, -0.05) is 12.1 Å². The second kappa shape index (κ2) is 6.56. The molecule has 0 amide bonds. The monoisotopic (exact) mass is 366 g/mol. The molecule has 0 bridgehead atoms. The van der Waals surface area contributed by atoms with Crippen molar-refractivity contribution in [2.24, 2.45) is 0 Å². The van der Waals surface area contributed by atoms with E-state index in [0.717, 1.165) is 13.1 Å². The second-order valence-electron chi connectivity index (χ2n) is 8.25. The zero-order valence-electron chi connectivity index (χ0n) is 15.5. The lowest BCUT2D eigenvalue weighted by molar-refractivity contribution is -0.0312. The molecule has 6 heteroatoms. The molecular weight excluding hydrogens is 336 g/mol. The Hall–Kier alpha value is -1.11. The Kier molecular flexibility index (Phi) is 4.90. The molecule has 25 heavy (non-hydrogen) atoms. The van der Waals surface area contributed by atoms with Crippen LogP contribution in [-0.2, 0) is 9.84 Å². The molecule has 0 aromatic heterocycles. The Labute approximate surface area is 151 Å². The zero-order valence-corrected chi connectivity index (χ0v) is 16.3. The Morgan fingerprint density at radius 2 is 1.92 bits per heavy atom. The van der Waals surface area contributed by atoms with Crippen LogP contribution in [0.5, 0.6) is 0 Å². The van der Waals surface area contributed by atoms with E-state index in [-0.39, 0.29) is 17.0 Å². The maximum absolute atomic E-state index is 11.9. The minimum atomic E-state index is -2.94. The van der Waals surface area contributed by atoms with E-state index in [1.165, 1.54) is 11.3 Å². The van der Waals surface area contributed by atoms with Crippen LogP contribution in [0.3, 0.4) is 0 Å². The first-order chi connectivity index (χ1) is 11.6. The van der Waals surface area contributed by atoms with Crippen LogP contribution in [0.25, 0.3) is 0 Å². The zero-order chi connectivity index (χ0) is 18.3. The van der Waals surface area contributed by atoms with Crippen LogP contribution in [0.15, 0.2) is 24.3 Å². The molecule has 5 nitrogen and oxygen atoms in total. The Balaban J connectivity index is 1.61. The minimum Gasteiger partial charge on any atom is -0.388 e. The number of likely N-dealkylation sites (N-methyl/N-ethyl adjacent to an activating group) is 1.